The molecule has 2 aromatic rings. The lowest BCUT2D eigenvalue weighted by Gasteiger charge is -2.32. The second-order valence-corrected chi connectivity index (χ2v) is 8.02. The van der Waals surface area contributed by atoms with Gasteiger partial charge in [-0.1, -0.05) is 18.2 Å². The van der Waals surface area contributed by atoms with Crippen molar-refractivity contribution in [2.45, 2.75) is 50.0 Å². The molecule has 27 heavy (non-hydrogen) atoms. The van der Waals surface area contributed by atoms with Gasteiger partial charge in [0.25, 0.3) is 0 Å². The smallest absolute Gasteiger partial charge is 0.343 e. The van der Waals surface area contributed by atoms with Crippen LogP contribution in [0.1, 0.15) is 61.4 Å². The molecule has 3 heterocycles. The maximum absolute atomic E-state index is 12.8. The fourth-order valence-corrected chi connectivity index (χ4v) is 4.38. The fourth-order valence-electron chi connectivity index (χ4n) is 4.38. The molecule has 7 heteroatoms. The van der Waals surface area contributed by atoms with Crippen LogP contribution >= 0.6 is 0 Å². The van der Waals surface area contributed by atoms with E-state index < -0.39 is 0 Å². The molecule has 1 amide bonds. The highest BCUT2D eigenvalue weighted by molar-refractivity contribution is 5.78. The van der Waals surface area contributed by atoms with Gasteiger partial charge in [-0.15, -0.1) is 0 Å². The number of anilines is 1. The Labute approximate surface area is 157 Å². The van der Waals surface area contributed by atoms with E-state index in [2.05, 4.69) is 27.5 Å². The molecule has 1 saturated heterocycles. The van der Waals surface area contributed by atoms with E-state index in [4.69, 9.17) is 0 Å². The minimum Gasteiger partial charge on any atom is -0.384 e. The van der Waals surface area contributed by atoms with Crippen molar-refractivity contribution < 1.29 is 4.79 Å². The molecular formula is C20H25N5O2. The summed E-state index contributed by atoms with van der Waals surface area (Å²) in [4.78, 5) is 29.8. The predicted molar refractivity (Wildman–Crippen MR) is 102 cm³/mol. The Bertz CT molecular complexity index is 905. The van der Waals surface area contributed by atoms with Crippen molar-refractivity contribution >= 4 is 11.6 Å². The quantitative estimate of drug-likeness (QED) is 0.868. The number of piperidine rings is 1. The van der Waals surface area contributed by atoms with Crippen molar-refractivity contribution in [3.05, 3.63) is 46.1 Å². The lowest BCUT2D eigenvalue weighted by atomic mass is 9.96. The van der Waals surface area contributed by atoms with Crippen LogP contribution in [0, 0.1) is 0 Å². The summed E-state index contributed by atoms with van der Waals surface area (Å²) >= 11 is 0. The summed E-state index contributed by atoms with van der Waals surface area (Å²) in [6.45, 7) is 2.22. The number of carbonyl (C=O) groups is 1. The summed E-state index contributed by atoms with van der Waals surface area (Å²) in [5.74, 6) is 1.75. The highest BCUT2D eigenvalue weighted by Gasteiger charge is 2.32. The van der Waals surface area contributed by atoms with Gasteiger partial charge in [-0.05, 0) is 37.3 Å². The molecule has 2 aliphatic heterocycles. The number of nitrogens with one attached hydrogen (secondary N) is 2. The Hall–Kier alpha value is -2.57. The molecule has 1 saturated carbocycles. The van der Waals surface area contributed by atoms with Gasteiger partial charge in [-0.2, -0.15) is 5.10 Å². The second-order valence-electron chi connectivity index (χ2n) is 8.02. The second kappa shape index (κ2) is 6.55. The van der Waals surface area contributed by atoms with Crippen LogP contribution in [0.5, 0.6) is 0 Å². The number of hydrogen-bond donors (Lipinski definition) is 2. The van der Waals surface area contributed by atoms with Crippen molar-refractivity contribution in [3.8, 4) is 0 Å². The number of hydrogen-bond acceptors (Lipinski definition) is 4. The standard InChI is InChI=1S/C20H25N5O2/c26-18(11-14-12-21-17-4-2-1-3-16(14)17)24-9-7-15(8-10-24)25-20(27)22-19(23-25)13-5-6-13/h1-4,13-15,21H,5-12H2,(H,22,23,27). The van der Waals surface area contributed by atoms with E-state index in [0.29, 0.717) is 25.4 Å². The Morgan fingerprint density at radius 3 is 2.70 bits per heavy atom. The molecule has 2 fully saturated rings. The first-order chi connectivity index (χ1) is 13.2. The van der Waals surface area contributed by atoms with Crippen molar-refractivity contribution in [3.63, 3.8) is 0 Å². The third-order valence-electron chi connectivity index (χ3n) is 6.15. The minimum absolute atomic E-state index is 0.0965. The molecule has 0 spiro atoms. The van der Waals surface area contributed by atoms with Crippen LogP contribution in [0.4, 0.5) is 5.69 Å². The molecular weight excluding hydrogens is 342 g/mol. The van der Waals surface area contributed by atoms with Gasteiger partial charge in [-0.3, -0.25) is 9.78 Å². The molecule has 1 aromatic carbocycles. The number of aromatic nitrogens is 3. The van der Waals surface area contributed by atoms with E-state index in [0.717, 1.165) is 43.7 Å². The molecule has 7 nitrogen and oxygen atoms in total. The lowest BCUT2D eigenvalue weighted by molar-refractivity contribution is -0.132. The normalized spacial score (nSPS) is 22.5. The molecule has 1 aromatic heterocycles. The van der Waals surface area contributed by atoms with E-state index in [9.17, 15) is 9.59 Å². The van der Waals surface area contributed by atoms with Crippen molar-refractivity contribution in [2.24, 2.45) is 0 Å². The summed E-state index contributed by atoms with van der Waals surface area (Å²) in [5, 5.41) is 7.90. The third-order valence-corrected chi connectivity index (χ3v) is 6.15. The van der Waals surface area contributed by atoms with Crippen LogP contribution in [-0.4, -0.2) is 45.2 Å². The van der Waals surface area contributed by atoms with Gasteiger partial charge in [0.2, 0.25) is 5.91 Å². The van der Waals surface area contributed by atoms with Crippen molar-refractivity contribution in [1.29, 1.82) is 0 Å². The van der Waals surface area contributed by atoms with Crippen LogP contribution in [0.25, 0.3) is 0 Å². The monoisotopic (exact) mass is 367 g/mol. The van der Waals surface area contributed by atoms with E-state index >= 15 is 0 Å². The molecule has 1 unspecified atom stereocenters. The summed E-state index contributed by atoms with van der Waals surface area (Å²) in [6, 6.07) is 8.34. The Morgan fingerprint density at radius 1 is 1.15 bits per heavy atom. The zero-order valence-corrected chi connectivity index (χ0v) is 15.4. The molecule has 0 radical (unpaired) electrons. The van der Waals surface area contributed by atoms with Gasteiger partial charge < -0.3 is 10.2 Å². The molecule has 0 bridgehead atoms. The van der Waals surface area contributed by atoms with E-state index in [-0.39, 0.29) is 23.6 Å². The van der Waals surface area contributed by atoms with Crippen LogP contribution < -0.4 is 11.0 Å². The summed E-state index contributed by atoms with van der Waals surface area (Å²) in [7, 11) is 0. The maximum atomic E-state index is 12.8. The van der Waals surface area contributed by atoms with Gasteiger partial charge in [-0.25, -0.2) is 9.48 Å². The average molecular weight is 367 g/mol. The van der Waals surface area contributed by atoms with E-state index in [1.165, 1.54) is 5.56 Å². The number of benzene rings is 1. The van der Waals surface area contributed by atoms with Gasteiger partial charge >= 0.3 is 5.69 Å². The molecule has 1 atom stereocenters. The topological polar surface area (TPSA) is 83.0 Å². The average Bonchev–Trinajstić information content (AvgIpc) is 3.36. The first-order valence-corrected chi connectivity index (χ1v) is 9.98. The molecule has 5 rings (SSSR count). The van der Waals surface area contributed by atoms with Gasteiger partial charge in [0.15, 0.2) is 0 Å². The Balaban J connectivity index is 1.19. The molecule has 3 aliphatic rings. The number of H-pyrrole nitrogens is 1. The van der Waals surface area contributed by atoms with Gasteiger partial charge in [0, 0.05) is 43.6 Å². The molecule has 2 N–H and O–H groups in total. The zero-order valence-electron chi connectivity index (χ0n) is 15.4. The summed E-state index contributed by atoms with van der Waals surface area (Å²) in [5.41, 5.74) is 2.30. The number of para-hydroxylation sites is 1. The van der Waals surface area contributed by atoms with Crippen molar-refractivity contribution in [2.75, 3.05) is 25.0 Å². The van der Waals surface area contributed by atoms with Crippen LogP contribution in [0.2, 0.25) is 0 Å². The maximum Gasteiger partial charge on any atom is 0.343 e. The first kappa shape index (κ1) is 16.6. The number of rotatable bonds is 4. The number of fused-ring (bicyclic) bond motifs is 1. The fraction of sp³-hybridized carbons (Fsp3) is 0.550. The molecule has 142 valence electrons. The van der Waals surface area contributed by atoms with Crippen LogP contribution in [-0.2, 0) is 4.79 Å². The number of likely N-dealkylation sites (tertiary alicyclic amines) is 1. The van der Waals surface area contributed by atoms with Gasteiger partial charge in [0.05, 0.1) is 6.04 Å². The Morgan fingerprint density at radius 2 is 1.93 bits per heavy atom. The largest absolute Gasteiger partial charge is 0.384 e. The number of carbonyl (C=O) groups excluding carboxylic acids is 1. The number of amides is 1. The third kappa shape index (κ3) is 3.15. The SMILES string of the molecule is O=C(CC1CNc2ccccc21)N1CCC(n2nc(C3CC3)[nH]c2=O)CC1. The number of aromatic amines is 1. The van der Waals surface area contributed by atoms with Crippen LogP contribution in [0.15, 0.2) is 29.1 Å². The van der Waals surface area contributed by atoms with E-state index in [1.807, 2.05) is 17.0 Å². The lowest BCUT2D eigenvalue weighted by Crippen LogP contribution is -2.41. The highest BCUT2D eigenvalue weighted by atomic mass is 16.2. The summed E-state index contributed by atoms with van der Waals surface area (Å²) < 4.78 is 1.62. The number of nitrogens with zero attached hydrogens (tertiary/aromatic N) is 3. The highest BCUT2D eigenvalue weighted by Crippen LogP contribution is 2.38. The zero-order chi connectivity index (χ0) is 18.4. The first-order valence-electron chi connectivity index (χ1n) is 9.98. The Kier molecular flexibility index (Phi) is 4.02. The van der Waals surface area contributed by atoms with E-state index in [1.54, 1.807) is 4.68 Å². The van der Waals surface area contributed by atoms with Gasteiger partial charge in [0.1, 0.15) is 5.82 Å². The van der Waals surface area contributed by atoms with Crippen LogP contribution in [0.3, 0.4) is 0 Å². The molecule has 1 aliphatic carbocycles. The minimum atomic E-state index is -0.102. The summed E-state index contributed by atoms with van der Waals surface area (Å²) in [6.07, 6.45) is 4.38. The predicted octanol–water partition coefficient (Wildman–Crippen LogP) is 2.21. The van der Waals surface area contributed by atoms with Crippen molar-refractivity contribution in [1.82, 2.24) is 19.7 Å².